The van der Waals surface area contributed by atoms with Crippen LogP contribution in [0.1, 0.15) is 17.3 Å². The van der Waals surface area contributed by atoms with Crippen molar-refractivity contribution in [3.63, 3.8) is 0 Å². The molecule has 8 nitrogen and oxygen atoms in total. The number of methoxy groups -OCH3 is 1. The number of rotatable bonds is 10. The molecule has 1 amide bonds. The highest BCUT2D eigenvalue weighted by atomic mass is 32.2. The van der Waals surface area contributed by atoms with Crippen LogP contribution in [-0.4, -0.2) is 46.2 Å². The van der Waals surface area contributed by atoms with Crippen molar-refractivity contribution in [2.45, 2.75) is 11.8 Å². The Morgan fingerprint density at radius 1 is 1.03 bits per heavy atom. The first kappa shape index (κ1) is 23.2. The highest BCUT2D eigenvalue weighted by molar-refractivity contribution is 7.92. The maximum Gasteiger partial charge on any atom is 0.264 e. The summed E-state index contributed by atoms with van der Waals surface area (Å²) in [4.78, 5) is 17.0. The summed E-state index contributed by atoms with van der Waals surface area (Å²) >= 11 is 0. The Bertz CT molecular complexity index is 1150. The summed E-state index contributed by atoms with van der Waals surface area (Å²) in [5.74, 6) is -0.225. The van der Waals surface area contributed by atoms with Gasteiger partial charge < -0.3 is 14.8 Å². The number of amides is 1. The maximum atomic E-state index is 13.3. The Hall–Kier alpha value is -3.43. The number of hydrogen-bond acceptors (Lipinski definition) is 6. The van der Waals surface area contributed by atoms with Crippen LogP contribution in [0, 0.1) is 0 Å². The van der Waals surface area contributed by atoms with Gasteiger partial charge in [-0.2, -0.15) is 0 Å². The molecule has 32 heavy (non-hydrogen) atoms. The summed E-state index contributed by atoms with van der Waals surface area (Å²) in [6, 6.07) is 18.1. The molecule has 0 radical (unpaired) electrons. The van der Waals surface area contributed by atoms with E-state index in [1.807, 2.05) is 6.07 Å². The molecule has 1 N–H and O–H groups in total. The molecule has 9 heteroatoms. The molecule has 0 saturated heterocycles. The van der Waals surface area contributed by atoms with Crippen molar-refractivity contribution in [2.75, 3.05) is 36.5 Å². The van der Waals surface area contributed by atoms with Gasteiger partial charge in [-0.25, -0.2) is 13.4 Å². The molecule has 3 rings (SSSR count). The number of ether oxygens (including phenoxy) is 2. The first-order chi connectivity index (χ1) is 15.5. The van der Waals surface area contributed by atoms with E-state index in [2.05, 4.69) is 10.3 Å². The Morgan fingerprint density at radius 3 is 2.53 bits per heavy atom. The average Bonchev–Trinajstić information content (AvgIpc) is 2.81. The Labute approximate surface area is 187 Å². The summed E-state index contributed by atoms with van der Waals surface area (Å²) in [7, 11) is -2.30. The van der Waals surface area contributed by atoms with Crippen LogP contribution in [0.5, 0.6) is 5.88 Å². The number of para-hydroxylation sites is 1. The topological polar surface area (TPSA) is 97.8 Å². The van der Waals surface area contributed by atoms with Crippen molar-refractivity contribution in [1.29, 1.82) is 0 Å². The molecule has 2 aromatic carbocycles. The Balaban J connectivity index is 1.84. The average molecular weight is 456 g/mol. The molecular weight excluding hydrogens is 430 g/mol. The van der Waals surface area contributed by atoms with E-state index >= 15 is 0 Å². The van der Waals surface area contributed by atoms with Gasteiger partial charge in [0.15, 0.2) is 0 Å². The van der Waals surface area contributed by atoms with Crippen molar-refractivity contribution >= 4 is 27.3 Å². The predicted octanol–water partition coefficient (Wildman–Crippen LogP) is 3.57. The fraction of sp³-hybridized carbons (Fsp3) is 0.217. The molecule has 3 aromatic rings. The molecule has 0 fully saturated rings. The van der Waals surface area contributed by atoms with E-state index in [-0.39, 0.29) is 29.5 Å². The zero-order chi connectivity index (χ0) is 23.0. The smallest absolute Gasteiger partial charge is 0.264 e. The third kappa shape index (κ3) is 5.43. The van der Waals surface area contributed by atoms with Crippen LogP contribution in [0.15, 0.2) is 77.8 Å². The van der Waals surface area contributed by atoms with Gasteiger partial charge in [0.2, 0.25) is 5.88 Å². The third-order valence-corrected chi connectivity index (χ3v) is 6.46. The second-order valence-electron chi connectivity index (χ2n) is 6.68. The Kier molecular flexibility index (Phi) is 7.80. The van der Waals surface area contributed by atoms with Gasteiger partial charge in [0.25, 0.3) is 15.9 Å². The van der Waals surface area contributed by atoms with Gasteiger partial charge in [-0.05, 0) is 49.4 Å². The fourth-order valence-electron chi connectivity index (χ4n) is 3.03. The number of sulfonamides is 1. The lowest BCUT2D eigenvalue weighted by molar-refractivity contribution is 0.102. The number of carbonyl (C=O) groups is 1. The summed E-state index contributed by atoms with van der Waals surface area (Å²) in [6.07, 6.45) is 1.55. The molecule has 0 aliphatic carbocycles. The van der Waals surface area contributed by atoms with E-state index in [1.54, 1.807) is 68.8 Å². The van der Waals surface area contributed by atoms with Crippen molar-refractivity contribution in [3.05, 3.63) is 78.5 Å². The van der Waals surface area contributed by atoms with Gasteiger partial charge >= 0.3 is 0 Å². The molecule has 1 aromatic heterocycles. The number of aromatic nitrogens is 1. The number of anilines is 2. The minimum atomic E-state index is -3.85. The third-order valence-electron chi connectivity index (χ3n) is 4.56. The van der Waals surface area contributed by atoms with Crippen LogP contribution in [0.25, 0.3) is 0 Å². The number of carbonyl (C=O) groups excluding carboxylic acids is 1. The fourth-order valence-corrected chi connectivity index (χ4v) is 4.55. The number of nitrogens with one attached hydrogen (secondary N) is 1. The minimum Gasteiger partial charge on any atom is -0.474 e. The van der Waals surface area contributed by atoms with E-state index < -0.39 is 15.9 Å². The van der Waals surface area contributed by atoms with Crippen LogP contribution in [0.4, 0.5) is 11.4 Å². The molecule has 0 bridgehead atoms. The van der Waals surface area contributed by atoms with Crippen molar-refractivity contribution in [2.24, 2.45) is 0 Å². The van der Waals surface area contributed by atoms with E-state index in [0.717, 1.165) is 0 Å². The van der Waals surface area contributed by atoms with E-state index in [4.69, 9.17) is 9.47 Å². The lowest BCUT2D eigenvalue weighted by atomic mass is 10.2. The second-order valence-corrected chi connectivity index (χ2v) is 8.55. The molecule has 1 heterocycles. The van der Waals surface area contributed by atoms with Gasteiger partial charge in [-0.1, -0.05) is 24.3 Å². The lowest BCUT2D eigenvalue weighted by Gasteiger charge is -2.23. The van der Waals surface area contributed by atoms with Crippen molar-refractivity contribution in [3.8, 4) is 5.88 Å². The summed E-state index contributed by atoms with van der Waals surface area (Å²) in [5.41, 5.74) is 1.13. The standard InChI is InChI=1S/C23H25N3O5S/c1-3-26(19-10-5-4-6-11-19)32(28,29)20-12-7-9-18(17-20)22(27)25-21-13-8-14-24-23(21)31-16-15-30-2/h4-14,17H,3,15-16H2,1-2H3,(H,25,27). The predicted molar refractivity (Wildman–Crippen MR) is 123 cm³/mol. The zero-order valence-corrected chi connectivity index (χ0v) is 18.7. The van der Waals surface area contributed by atoms with Gasteiger partial charge in [0.1, 0.15) is 12.3 Å². The normalized spacial score (nSPS) is 11.1. The minimum absolute atomic E-state index is 0.0265. The number of benzene rings is 2. The van der Waals surface area contributed by atoms with Gasteiger partial charge in [0.05, 0.1) is 17.2 Å². The summed E-state index contributed by atoms with van der Waals surface area (Å²) < 4.78 is 38.3. The molecule has 0 aliphatic heterocycles. The van der Waals surface area contributed by atoms with Crippen molar-refractivity contribution in [1.82, 2.24) is 4.98 Å². The van der Waals surface area contributed by atoms with Gasteiger partial charge in [-0.3, -0.25) is 9.10 Å². The lowest BCUT2D eigenvalue weighted by Crippen LogP contribution is -2.31. The number of hydrogen-bond donors (Lipinski definition) is 1. The van der Waals surface area contributed by atoms with E-state index in [0.29, 0.717) is 18.0 Å². The first-order valence-electron chi connectivity index (χ1n) is 10.0. The highest BCUT2D eigenvalue weighted by Gasteiger charge is 2.24. The quantitative estimate of drug-likeness (QED) is 0.470. The molecule has 0 unspecified atom stereocenters. The summed E-state index contributed by atoms with van der Waals surface area (Å²) in [5, 5.41) is 2.73. The van der Waals surface area contributed by atoms with Crippen LogP contribution >= 0.6 is 0 Å². The first-order valence-corrected chi connectivity index (χ1v) is 11.5. The van der Waals surface area contributed by atoms with Crippen LogP contribution < -0.4 is 14.4 Å². The highest BCUT2D eigenvalue weighted by Crippen LogP contribution is 2.25. The van der Waals surface area contributed by atoms with E-state index in [9.17, 15) is 13.2 Å². The molecule has 0 aliphatic rings. The van der Waals surface area contributed by atoms with Crippen molar-refractivity contribution < 1.29 is 22.7 Å². The number of pyridine rings is 1. The SMILES string of the molecule is CCN(c1ccccc1)S(=O)(=O)c1cccc(C(=O)Nc2cccnc2OCCOC)c1. The monoisotopic (exact) mass is 455 g/mol. The number of nitrogens with zero attached hydrogens (tertiary/aromatic N) is 2. The second kappa shape index (κ2) is 10.7. The maximum absolute atomic E-state index is 13.3. The van der Waals surface area contributed by atoms with E-state index in [1.165, 1.54) is 16.4 Å². The van der Waals surface area contributed by atoms with Crippen LogP contribution in [0.2, 0.25) is 0 Å². The molecule has 0 atom stereocenters. The largest absolute Gasteiger partial charge is 0.474 e. The van der Waals surface area contributed by atoms with Crippen LogP contribution in [0.3, 0.4) is 0 Å². The Morgan fingerprint density at radius 2 is 1.81 bits per heavy atom. The molecule has 168 valence electrons. The molecule has 0 spiro atoms. The zero-order valence-electron chi connectivity index (χ0n) is 17.9. The van der Waals surface area contributed by atoms with Gasteiger partial charge in [0, 0.05) is 25.4 Å². The van der Waals surface area contributed by atoms with Gasteiger partial charge in [-0.15, -0.1) is 0 Å². The molecule has 0 saturated carbocycles. The summed E-state index contributed by atoms with van der Waals surface area (Å²) in [6.45, 7) is 2.66. The van der Waals surface area contributed by atoms with Crippen LogP contribution in [-0.2, 0) is 14.8 Å². The molecular formula is C23H25N3O5S.